The lowest BCUT2D eigenvalue weighted by molar-refractivity contribution is 1.45. The molecular weight excluding hydrogens is 364 g/mol. The van der Waals surface area contributed by atoms with E-state index in [1.165, 1.54) is 16.9 Å². The van der Waals surface area contributed by atoms with E-state index >= 15 is 0 Å². The van der Waals surface area contributed by atoms with Crippen molar-refractivity contribution in [1.82, 2.24) is 0 Å². The minimum atomic E-state index is 0.570. The van der Waals surface area contributed by atoms with Crippen LogP contribution in [0.2, 0.25) is 0 Å². The first-order valence-electron chi connectivity index (χ1n) is 6.24. The van der Waals surface area contributed by atoms with Crippen molar-refractivity contribution in [2.24, 2.45) is 0 Å². The molecule has 0 spiro atoms. The Kier molecular flexibility index (Phi) is 3.85. The van der Waals surface area contributed by atoms with Gasteiger partial charge in [0.2, 0.25) is 0 Å². The summed E-state index contributed by atoms with van der Waals surface area (Å²) in [6.45, 7) is 2.05. The highest BCUT2D eigenvalue weighted by atomic mass is 79.9. The minimum absolute atomic E-state index is 0.570. The fraction of sp³-hybridized carbons (Fsp3) is 0.0625. The summed E-state index contributed by atoms with van der Waals surface area (Å²) >= 11 is 6.71. The van der Waals surface area contributed by atoms with Crippen LogP contribution >= 0.6 is 38.6 Å². The van der Waals surface area contributed by atoms with Crippen molar-refractivity contribution in [3.8, 4) is 27.0 Å². The molecule has 0 aliphatic carbocycles. The van der Waals surface area contributed by atoms with Crippen LogP contribution in [-0.4, -0.2) is 0 Å². The van der Waals surface area contributed by atoms with E-state index in [-0.39, 0.29) is 0 Å². The van der Waals surface area contributed by atoms with Crippen molar-refractivity contribution < 1.29 is 0 Å². The molecule has 0 atom stereocenters. The second kappa shape index (κ2) is 5.64. The van der Waals surface area contributed by atoms with Gasteiger partial charge in [0.25, 0.3) is 0 Å². The maximum Gasteiger partial charge on any atom is 0.129 e. The van der Waals surface area contributed by atoms with Gasteiger partial charge in [0.15, 0.2) is 0 Å². The maximum absolute atomic E-state index is 9.29. The van der Waals surface area contributed by atoms with Crippen LogP contribution < -0.4 is 5.73 Å². The standard InChI is InChI=1S/C16H11BrN2S2/c1-9-4-5-10(11(17)7-9)16-14(12-3-2-6-20-12)15(19)13(8-18)21-16/h2-7H,19H2,1H3. The molecule has 0 aliphatic rings. The van der Waals surface area contributed by atoms with Gasteiger partial charge in [-0.15, -0.1) is 22.7 Å². The molecule has 1 aromatic carbocycles. The lowest BCUT2D eigenvalue weighted by Gasteiger charge is -2.07. The lowest BCUT2D eigenvalue weighted by atomic mass is 10.1. The first kappa shape index (κ1) is 14.3. The van der Waals surface area contributed by atoms with E-state index in [2.05, 4.69) is 47.1 Å². The van der Waals surface area contributed by atoms with Gasteiger partial charge >= 0.3 is 0 Å². The summed E-state index contributed by atoms with van der Waals surface area (Å²) < 4.78 is 1.02. The highest BCUT2D eigenvalue weighted by Crippen LogP contribution is 2.47. The molecular formula is C16H11BrN2S2. The molecule has 0 fully saturated rings. The quantitative estimate of drug-likeness (QED) is 0.628. The first-order chi connectivity index (χ1) is 10.1. The van der Waals surface area contributed by atoms with E-state index in [0.717, 1.165) is 25.4 Å². The van der Waals surface area contributed by atoms with Crippen LogP contribution in [0.25, 0.3) is 20.9 Å². The van der Waals surface area contributed by atoms with Crippen LogP contribution in [0.3, 0.4) is 0 Å². The van der Waals surface area contributed by atoms with E-state index in [1.54, 1.807) is 11.3 Å². The normalized spacial score (nSPS) is 10.5. The number of nitrogen functional groups attached to an aromatic ring is 1. The van der Waals surface area contributed by atoms with Gasteiger partial charge in [-0.2, -0.15) is 5.26 Å². The number of nitriles is 1. The van der Waals surface area contributed by atoms with Crippen LogP contribution in [-0.2, 0) is 0 Å². The molecule has 5 heteroatoms. The summed E-state index contributed by atoms with van der Waals surface area (Å²) in [5, 5.41) is 11.3. The average molecular weight is 375 g/mol. The van der Waals surface area contributed by atoms with Crippen LogP contribution in [0, 0.1) is 18.3 Å². The number of hydrogen-bond acceptors (Lipinski definition) is 4. The Morgan fingerprint density at radius 1 is 1.29 bits per heavy atom. The first-order valence-corrected chi connectivity index (χ1v) is 8.73. The molecule has 3 rings (SSSR count). The number of rotatable bonds is 2. The Hall–Kier alpha value is -1.61. The number of halogens is 1. The van der Waals surface area contributed by atoms with Crippen molar-refractivity contribution in [3.05, 3.63) is 50.6 Å². The van der Waals surface area contributed by atoms with Gasteiger partial charge in [-0.3, -0.25) is 0 Å². The van der Waals surface area contributed by atoms with Gasteiger partial charge in [-0.05, 0) is 30.0 Å². The number of nitrogens with two attached hydrogens (primary N) is 1. The zero-order valence-corrected chi connectivity index (χ0v) is 14.4. The molecule has 0 radical (unpaired) electrons. The van der Waals surface area contributed by atoms with Gasteiger partial charge < -0.3 is 5.73 Å². The topological polar surface area (TPSA) is 49.8 Å². The van der Waals surface area contributed by atoms with Crippen LogP contribution in [0.15, 0.2) is 40.2 Å². The molecule has 0 saturated carbocycles. The summed E-state index contributed by atoms with van der Waals surface area (Å²) in [5.74, 6) is 0. The average Bonchev–Trinajstić information content (AvgIpc) is 3.06. The molecule has 104 valence electrons. The number of anilines is 1. The molecule has 0 bridgehead atoms. The summed E-state index contributed by atoms with van der Waals surface area (Å²) in [4.78, 5) is 2.70. The summed E-state index contributed by atoms with van der Waals surface area (Å²) in [6, 6.07) is 12.5. The molecule has 2 aromatic heterocycles. The maximum atomic E-state index is 9.29. The Balaban J connectivity index is 2.30. The van der Waals surface area contributed by atoms with Gasteiger partial charge in [0.05, 0.1) is 5.69 Å². The summed E-state index contributed by atoms with van der Waals surface area (Å²) in [7, 11) is 0. The monoisotopic (exact) mass is 374 g/mol. The molecule has 2 heterocycles. The van der Waals surface area contributed by atoms with E-state index in [0.29, 0.717) is 10.6 Å². The molecule has 0 aliphatic heterocycles. The van der Waals surface area contributed by atoms with E-state index in [9.17, 15) is 5.26 Å². The van der Waals surface area contributed by atoms with Crippen LogP contribution in [0.5, 0.6) is 0 Å². The summed E-state index contributed by atoms with van der Waals surface area (Å²) in [6.07, 6.45) is 0. The van der Waals surface area contributed by atoms with Crippen molar-refractivity contribution >= 4 is 44.3 Å². The fourth-order valence-corrected chi connectivity index (χ4v) is 4.94. The third kappa shape index (κ3) is 2.51. The number of hydrogen-bond donors (Lipinski definition) is 1. The smallest absolute Gasteiger partial charge is 0.129 e. The minimum Gasteiger partial charge on any atom is -0.396 e. The van der Waals surface area contributed by atoms with Crippen LogP contribution in [0.1, 0.15) is 10.4 Å². The van der Waals surface area contributed by atoms with Crippen LogP contribution in [0.4, 0.5) is 5.69 Å². The van der Waals surface area contributed by atoms with Crippen molar-refractivity contribution in [3.63, 3.8) is 0 Å². The summed E-state index contributed by atoms with van der Waals surface area (Å²) in [5.41, 5.74) is 10.0. The fourth-order valence-electron chi connectivity index (χ4n) is 2.19. The van der Waals surface area contributed by atoms with Gasteiger partial charge in [-0.25, -0.2) is 0 Å². The zero-order chi connectivity index (χ0) is 15.0. The zero-order valence-electron chi connectivity index (χ0n) is 11.2. The molecule has 0 saturated heterocycles. The third-order valence-electron chi connectivity index (χ3n) is 3.18. The van der Waals surface area contributed by atoms with E-state index in [1.807, 2.05) is 17.5 Å². The van der Waals surface area contributed by atoms with Crippen molar-refractivity contribution in [2.45, 2.75) is 6.92 Å². The number of aryl methyl sites for hydroxylation is 1. The van der Waals surface area contributed by atoms with E-state index in [4.69, 9.17) is 5.73 Å². The number of nitrogens with zero attached hydrogens (tertiary/aromatic N) is 1. The SMILES string of the molecule is Cc1ccc(-c2sc(C#N)c(N)c2-c2cccs2)c(Br)c1. The predicted molar refractivity (Wildman–Crippen MR) is 94.6 cm³/mol. The Bertz CT molecular complexity index is 842. The number of benzene rings is 1. The second-order valence-corrected chi connectivity index (χ2v) is 7.44. The Morgan fingerprint density at radius 2 is 2.10 bits per heavy atom. The molecule has 2 nitrogen and oxygen atoms in total. The third-order valence-corrected chi connectivity index (χ3v) is 5.87. The Labute approximate surface area is 139 Å². The Morgan fingerprint density at radius 3 is 2.71 bits per heavy atom. The highest BCUT2D eigenvalue weighted by Gasteiger charge is 2.20. The van der Waals surface area contributed by atoms with Gasteiger partial charge in [0, 0.05) is 25.4 Å². The lowest BCUT2D eigenvalue weighted by Crippen LogP contribution is -1.88. The predicted octanol–water partition coefficient (Wildman–Crippen LogP) is 5.67. The molecule has 2 N–H and O–H groups in total. The van der Waals surface area contributed by atoms with Gasteiger partial charge in [-0.1, -0.05) is 34.1 Å². The van der Waals surface area contributed by atoms with Crippen molar-refractivity contribution in [1.29, 1.82) is 5.26 Å². The molecule has 21 heavy (non-hydrogen) atoms. The van der Waals surface area contributed by atoms with Crippen molar-refractivity contribution in [2.75, 3.05) is 5.73 Å². The largest absolute Gasteiger partial charge is 0.396 e. The second-order valence-electron chi connectivity index (χ2n) is 4.62. The highest BCUT2D eigenvalue weighted by molar-refractivity contribution is 9.10. The molecule has 3 aromatic rings. The molecule has 0 unspecified atom stereocenters. The van der Waals surface area contributed by atoms with Gasteiger partial charge in [0.1, 0.15) is 10.9 Å². The number of thiophene rings is 2. The molecule has 0 amide bonds. The van der Waals surface area contributed by atoms with E-state index < -0.39 is 0 Å².